The van der Waals surface area contributed by atoms with Gasteiger partial charge >= 0.3 is 0 Å². The van der Waals surface area contributed by atoms with Gasteiger partial charge < -0.3 is 15.0 Å². The molecule has 0 saturated carbocycles. The standard InChI is InChI=1S/C18H16N4O3/c19-10-13-2-1-3-16(8-13)21-17(23)14-9-15(12-20-11-14)18(24)22-4-6-25-7-5-22/h1-3,8-9,11-12H,4-7H2,(H,21,23). The molecule has 25 heavy (non-hydrogen) atoms. The van der Waals surface area contributed by atoms with Crippen molar-refractivity contribution in [2.75, 3.05) is 31.6 Å². The number of nitriles is 1. The first-order chi connectivity index (χ1) is 12.2. The lowest BCUT2D eigenvalue weighted by atomic mass is 10.1. The molecule has 0 unspecified atom stereocenters. The largest absolute Gasteiger partial charge is 0.378 e. The highest BCUT2D eigenvalue weighted by Gasteiger charge is 2.20. The maximum absolute atomic E-state index is 12.5. The van der Waals surface area contributed by atoms with Gasteiger partial charge in [0.25, 0.3) is 11.8 Å². The highest BCUT2D eigenvalue weighted by atomic mass is 16.5. The lowest BCUT2D eigenvalue weighted by Gasteiger charge is -2.26. The number of hydrogen-bond acceptors (Lipinski definition) is 5. The summed E-state index contributed by atoms with van der Waals surface area (Å²) < 4.78 is 5.24. The van der Waals surface area contributed by atoms with Crippen LogP contribution in [0.2, 0.25) is 0 Å². The zero-order chi connectivity index (χ0) is 17.6. The van der Waals surface area contributed by atoms with Gasteiger partial charge in [0.15, 0.2) is 0 Å². The normalized spacial score (nSPS) is 13.8. The van der Waals surface area contributed by atoms with Crippen LogP contribution in [-0.4, -0.2) is 48.0 Å². The van der Waals surface area contributed by atoms with Gasteiger partial charge in [-0.1, -0.05) is 6.07 Å². The van der Waals surface area contributed by atoms with Crippen molar-refractivity contribution >= 4 is 17.5 Å². The monoisotopic (exact) mass is 336 g/mol. The Labute approximate surface area is 144 Å². The summed E-state index contributed by atoms with van der Waals surface area (Å²) in [7, 11) is 0. The number of nitrogens with one attached hydrogen (secondary N) is 1. The fourth-order valence-corrected chi connectivity index (χ4v) is 2.50. The first kappa shape index (κ1) is 16.6. The van der Waals surface area contributed by atoms with Crippen molar-refractivity contribution < 1.29 is 14.3 Å². The highest BCUT2D eigenvalue weighted by molar-refractivity contribution is 6.05. The zero-order valence-electron chi connectivity index (χ0n) is 13.4. The van der Waals surface area contributed by atoms with Gasteiger partial charge in [-0.05, 0) is 24.3 Å². The fraction of sp³-hybridized carbons (Fsp3) is 0.222. The number of ether oxygens (including phenoxy) is 1. The van der Waals surface area contributed by atoms with Gasteiger partial charge in [-0.2, -0.15) is 5.26 Å². The molecule has 126 valence electrons. The summed E-state index contributed by atoms with van der Waals surface area (Å²) in [5.74, 6) is -0.559. The number of anilines is 1. The molecule has 1 aliphatic heterocycles. The molecule has 7 heteroatoms. The van der Waals surface area contributed by atoms with E-state index >= 15 is 0 Å². The summed E-state index contributed by atoms with van der Waals surface area (Å²) in [4.78, 5) is 30.5. The van der Waals surface area contributed by atoms with Crippen molar-refractivity contribution in [1.82, 2.24) is 9.88 Å². The molecule has 2 heterocycles. The second kappa shape index (κ2) is 7.55. The first-order valence-corrected chi connectivity index (χ1v) is 7.81. The molecule has 1 N–H and O–H groups in total. The molecular formula is C18H16N4O3. The Kier molecular flexibility index (Phi) is 5.02. The maximum atomic E-state index is 12.5. The second-order valence-electron chi connectivity index (χ2n) is 5.51. The van der Waals surface area contributed by atoms with E-state index in [1.165, 1.54) is 18.5 Å². The van der Waals surface area contributed by atoms with E-state index < -0.39 is 0 Å². The van der Waals surface area contributed by atoms with Gasteiger partial charge in [0.1, 0.15) is 0 Å². The van der Waals surface area contributed by atoms with Crippen LogP contribution in [0, 0.1) is 11.3 Å². The molecule has 2 aromatic rings. The number of carbonyl (C=O) groups is 2. The van der Waals surface area contributed by atoms with Crippen LogP contribution in [0.3, 0.4) is 0 Å². The molecule has 0 aliphatic carbocycles. The van der Waals surface area contributed by atoms with E-state index in [0.29, 0.717) is 43.1 Å². The average molecular weight is 336 g/mol. The number of hydrogen-bond donors (Lipinski definition) is 1. The number of carbonyl (C=O) groups excluding carboxylic acids is 2. The van der Waals surface area contributed by atoms with Gasteiger partial charge in [-0.15, -0.1) is 0 Å². The zero-order valence-corrected chi connectivity index (χ0v) is 13.4. The molecule has 1 fully saturated rings. The summed E-state index contributed by atoms with van der Waals surface area (Å²) in [6, 6.07) is 10.1. The van der Waals surface area contributed by atoms with Crippen LogP contribution in [-0.2, 0) is 4.74 Å². The fourth-order valence-electron chi connectivity index (χ4n) is 2.50. The third-order valence-corrected chi connectivity index (χ3v) is 3.80. The van der Waals surface area contributed by atoms with Crippen molar-refractivity contribution in [2.24, 2.45) is 0 Å². The van der Waals surface area contributed by atoms with Crippen LogP contribution in [0.1, 0.15) is 26.3 Å². The van der Waals surface area contributed by atoms with Crippen LogP contribution in [0.25, 0.3) is 0 Å². The second-order valence-corrected chi connectivity index (χ2v) is 5.51. The van der Waals surface area contributed by atoms with Crippen molar-refractivity contribution in [1.29, 1.82) is 5.26 Å². The Morgan fingerprint density at radius 2 is 1.92 bits per heavy atom. The molecule has 0 atom stereocenters. The maximum Gasteiger partial charge on any atom is 0.257 e. The van der Waals surface area contributed by atoms with Gasteiger partial charge in [-0.25, -0.2) is 0 Å². The molecule has 1 aliphatic rings. The molecule has 0 spiro atoms. The third-order valence-electron chi connectivity index (χ3n) is 3.80. The third kappa shape index (κ3) is 4.00. The van der Waals surface area contributed by atoms with Crippen molar-refractivity contribution in [2.45, 2.75) is 0 Å². The van der Waals surface area contributed by atoms with E-state index in [4.69, 9.17) is 10.00 Å². The van der Waals surface area contributed by atoms with E-state index in [2.05, 4.69) is 10.3 Å². The van der Waals surface area contributed by atoms with Crippen LogP contribution in [0.15, 0.2) is 42.7 Å². The Morgan fingerprint density at radius 1 is 1.16 bits per heavy atom. The van der Waals surface area contributed by atoms with E-state index in [0.717, 1.165) is 0 Å². The molecular weight excluding hydrogens is 320 g/mol. The molecule has 7 nitrogen and oxygen atoms in total. The lowest BCUT2D eigenvalue weighted by molar-refractivity contribution is 0.0302. The molecule has 2 amide bonds. The Morgan fingerprint density at radius 3 is 2.68 bits per heavy atom. The van der Waals surface area contributed by atoms with E-state index in [9.17, 15) is 9.59 Å². The van der Waals surface area contributed by atoms with Gasteiger partial charge in [0.2, 0.25) is 0 Å². The number of pyridine rings is 1. The molecule has 1 saturated heterocycles. The summed E-state index contributed by atoms with van der Waals surface area (Å²) >= 11 is 0. The van der Waals surface area contributed by atoms with Gasteiger partial charge in [-0.3, -0.25) is 14.6 Å². The molecule has 3 rings (SSSR count). The molecule has 1 aromatic heterocycles. The summed E-state index contributed by atoms with van der Waals surface area (Å²) in [5.41, 5.74) is 1.60. The van der Waals surface area contributed by atoms with Crippen molar-refractivity contribution in [3.63, 3.8) is 0 Å². The van der Waals surface area contributed by atoms with Crippen LogP contribution in [0.5, 0.6) is 0 Å². The Bertz CT molecular complexity index is 838. The van der Waals surface area contributed by atoms with Crippen molar-refractivity contribution in [3.05, 3.63) is 59.4 Å². The quantitative estimate of drug-likeness (QED) is 0.920. The number of amides is 2. The number of morpholine rings is 1. The number of rotatable bonds is 3. The Balaban J connectivity index is 1.75. The van der Waals surface area contributed by atoms with Crippen LogP contribution in [0.4, 0.5) is 5.69 Å². The van der Waals surface area contributed by atoms with E-state index in [-0.39, 0.29) is 17.4 Å². The van der Waals surface area contributed by atoms with Gasteiger partial charge in [0.05, 0.1) is 36.0 Å². The van der Waals surface area contributed by atoms with Crippen LogP contribution >= 0.6 is 0 Å². The minimum absolute atomic E-state index is 0.170. The average Bonchev–Trinajstić information content (AvgIpc) is 2.68. The highest BCUT2D eigenvalue weighted by Crippen LogP contribution is 2.13. The predicted molar refractivity (Wildman–Crippen MR) is 90.1 cm³/mol. The number of aromatic nitrogens is 1. The molecule has 1 aromatic carbocycles. The SMILES string of the molecule is N#Cc1cccc(NC(=O)c2cncc(C(=O)N3CCOCC3)c2)c1. The van der Waals surface area contributed by atoms with E-state index in [1.54, 1.807) is 29.2 Å². The predicted octanol–water partition coefficient (Wildman–Crippen LogP) is 1.68. The molecule has 0 radical (unpaired) electrons. The van der Waals surface area contributed by atoms with Gasteiger partial charge in [0, 0.05) is 31.2 Å². The summed E-state index contributed by atoms with van der Waals surface area (Å²) in [6.07, 6.45) is 2.85. The number of nitrogens with zero attached hydrogens (tertiary/aromatic N) is 3. The van der Waals surface area contributed by atoms with E-state index in [1.807, 2.05) is 6.07 Å². The molecule has 0 bridgehead atoms. The summed E-state index contributed by atoms with van der Waals surface area (Å²) in [5, 5.41) is 11.6. The smallest absolute Gasteiger partial charge is 0.257 e. The van der Waals surface area contributed by atoms with Crippen molar-refractivity contribution in [3.8, 4) is 6.07 Å². The topological polar surface area (TPSA) is 95.3 Å². The first-order valence-electron chi connectivity index (χ1n) is 7.81. The minimum atomic E-state index is -0.390. The minimum Gasteiger partial charge on any atom is -0.378 e. The number of benzene rings is 1. The Hall–Kier alpha value is -3.24. The van der Waals surface area contributed by atoms with Crippen LogP contribution < -0.4 is 5.32 Å². The lowest BCUT2D eigenvalue weighted by Crippen LogP contribution is -2.40. The summed E-state index contributed by atoms with van der Waals surface area (Å²) in [6.45, 7) is 2.07.